The molecule has 3 N–H and O–H groups in total. The quantitative estimate of drug-likeness (QED) is 0.576. The molecule has 0 radical (unpaired) electrons. The van der Waals surface area contributed by atoms with Gasteiger partial charge in [-0.05, 0) is 25.9 Å². The van der Waals surface area contributed by atoms with Crippen molar-refractivity contribution in [1.29, 1.82) is 0 Å². The Morgan fingerprint density at radius 2 is 2.07 bits per heavy atom. The first kappa shape index (κ1) is 9.21. The van der Waals surface area contributed by atoms with E-state index in [1.54, 1.807) is 0 Å². The summed E-state index contributed by atoms with van der Waals surface area (Å²) < 4.78 is 0. The molecule has 5 nitrogen and oxygen atoms in total. The van der Waals surface area contributed by atoms with Gasteiger partial charge < -0.3 is 15.3 Å². The molecule has 1 aliphatic heterocycles. The molecule has 0 aliphatic carbocycles. The fraction of sp³-hybridized carbons (Fsp3) is 0.556. The summed E-state index contributed by atoms with van der Waals surface area (Å²) in [5, 5.41) is 3.19. The summed E-state index contributed by atoms with van der Waals surface area (Å²) in [7, 11) is 0. The molecule has 14 heavy (non-hydrogen) atoms. The van der Waals surface area contributed by atoms with Gasteiger partial charge in [-0.25, -0.2) is 4.79 Å². The molecule has 0 saturated carbocycles. The highest BCUT2D eigenvalue weighted by Crippen LogP contribution is 2.15. The lowest BCUT2D eigenvalue weighted by atomic mass is 9.92. The van der Waals surface area contributed by atoms with E-state index in [0.29, 0.717) is 5.69 Å². The van der Waals surface area contributed by atoms with Crippen molar-refractivity contribution >= 4 is 5.78 Å². The number of hydrogen-bond donors (Lipinski definition) is 3. The van der Waals surface area contributed by atoms with Gasteiger partial charge in [0.2, 0.25) is 0 Å². The zero-order valence-corrected chi connectivity index (χ0v) is 7.80. The molecule has 1 aromatic heterocycles. The second kappa shape index (κ2) is 3.79. The zero-order valence-electron chi connectivity index (χ0n) is 7.80. The Balaban J connectivity index is 2.10. The van der Waals surface area contributed by atoms with Crippen LogP contribution in [0.4, 0.5) is 0 Å². The number of H-pyrrole nitrogens is 2. The molecular formula is C9H13N3O2. The molecule has 0 unspecified atom stereocenters. The zero-order chi connectivity index (χ0) is 9.97. The van der Waals surface area contributed by atoms with E-state index in [2.05, 4.69) is 15.3 Å². The fourth-order valence-electron chi connectivity index (χ4n) is 1.77. The van der Waals surface area contributed by atoms with Crippen LogP contribution in [-0.4, -0.2) is 28.8 Å². The number of ketones is 1. The molecule has 2 rings (SSSR count). The van der Waals surface area contributed by atoms with Crippen molar-refractivity contribution in [2.45, 2.75) is 12.8 Å². The fourth-order valence-corrected chi connectivity index (χ4v) is 1.77. The maximum Gasteiger partial charge on any atom is 0.323 e. The van der Waals surface area contributed by atoms with Crippen LogP contribution in [0.15, 0.2) is 11.0 Å². The summed E-state index contributed by atoms with van der Waals surface area (Å²) in [5.74, 6) is 0.104. The first-order valence-electron chi connectivity index (χ1n) is 4.80. The molecule has 0 spiro atoms. The summed E-state index contributed by atoms with van der Waals surface area (Å²) in [6, 6.07) is 0. The average Bonchev–Trinajstić information content (AvgIpc) is 2.65. The molecule has 1 aliphatic rings. The van der Waals surface area contributed by atoms with Crippen LogP contribution >= 0.6 is 0 Å². The SMILES string of the molecule is O=C(c1c[nH]c(=O)[nH]1)C1CCNCC1. The van der Waals surface area contributed by atoms with Crippen molar-refractivity contribution in [1.82, 2.24) is 15.3 Å². The van der Waals surface area contributed by atoms with Crippen LogP contribution in [0.1, 0.15) is 23.3 Å². The molecule has 5 heteroatoms. The first-order chi connectivity index (χ1) is 6.77. The Bertz CT molecular complexity index is 373. The second-order valence-electron chi connectivity index (χ2n) is 3.54. The van der Waals surface area contributed by atoms with Crippen LogP contribution in [0, 0.1) is 5.92 Å². The molecule has 0 amide bonds. The molecule has 1 fully saturated rings. The van der Waals surface area contributed by atoms with Crippen molar-refractivity contribution in [3.8, 4) is 0 Å². The third-order valence-corrected chi connectivity index (χ3v) is 2.57. The topological polar surface area (TPSA) is 77.8 Å². The van der Waals surface area contributed by atoms with Crippen LogP contribution in [0.2, 0.25) is 0 Å². The third-order valence-electron chi connectivity index (χ3n) is 2.57. The maximum atomic E-state index is 11.8. The molecule has 0 atom stereocenters. The summed E-state index contributed by atoms with van der Waals surface area (Å²) >= 11 is 0. The van der Waals surface area contributed by atoms with Gasteiger partial charge in [-0.1, -0.05) is 0 Å². The predicted octanol–water partition coefficient (Wildman–Crippen LogP) is -0.115. The van der Waals surface area contributed by atoms with E-state index < -0.39 is 0 Å². The van der Waals surface area contributed by atoms with Crippen LogP contribution in [0.3, 0.4) is 0 Å². The van der Waals surface area contributed by atoms with E-state index in [-0.39, 0.29) is 17.4 Å². The number of hydrogen-bond acceptors (Lipinski definition) is 3. The van der Waals surface area contributed by atoms with Gasteiger partial charge in [0.25, 0.3) is 0 Å². The van der Waals surface area contributed by atoms with Crippen LogP contribution in [-0.2, 0) is 0 Å². The van der Waals surface area contributed by atoms with Gasteiger partial charge >= 0.3 is 5.69 Å². The maximum absolute atomic E-state index is 11.8. The monoisotopic (exact) mass is 195 g/mol. The summed E-state index contributed by atoms with van der Waals surface area (Å²) in [6.45, 7) is 1.76. The number of aromatic amines is 2. The van der Waals surface area contributed by atoms with Gasteiger partial charge in [-0.3, -0.25) is 4.79 Å². The number of piperidine rings is 1. The van der Waals surface area contributed by atoms with Crippen molar-refractivity contribution < 1.29 is 4.79 Å². The van der Waals surface area contributed by atoms with E-state index in [0.717, 1.165) is 25.9 Å². The predicted molar refractivity (Wildman–Crippen MR) is 51.3 cm³/mol. The number of imidazole rings is 1. The summed E-state index contributed by atoms with van der Waals surface area (Å²) in [6.07, 6.45) is 3.16. The number of carbonyl (C=O) groups is 1. The summed E-state index contributed by atoms with van der Waals surface area (Å²) in [5.41, 5.74) is 0.0872. The van der Waals surface area contributed by atoms with Crippen molar-refractivity contribution in [2.75, 3.05) is 13.1 Å². The minimum absolute atomic E-state index is 0.0462. The standard InChI is InChI=1S/C9H13N3O2/c13-8(6-1-3-10-4-2-6)7-5-11-9(14)12-7/h5-6,10H,1-4H2,(H2,11,12,14). The highest BCUT2D eigenvalue weighted by atomic mass is 16.1. The molecule has 0 bridgehead atoms. The number of nitrogens with one attached hydrogen (secondary N) is 3. The Kier molecular flexibility index (Phi) is 2.49. The van der Waals surface area contributed by atoms with Crippen molar-refractivity contribution in [3.63, 3.8) is 0 Å². The van der Waals surface area contributed by atoms with Gasteiger partial charge in [-0.2, -0.15) is 0 Å². The molecular weight excluding hydrogens is 182 g/mol. The van der Waals surface area contributed by atoms with Gasteiger partial charge in [0, 0.05) is 12.1 Å². The third kappa shape index (κ3) is 1.77. The largest absolute Gasteiger partial charge is 0.323 e. The van der Waals surface area contributed by atoms with Gasteiger partial charge in [0.05, 0.1) is 0 Å². The first-order valence-corrected chi connectivity index (χ1v) is 4.80. The van der Waals surface area contributed by atoms with E-state index >= 15 is 0 Å². The summed E-state index contributed by atoms with van der Waals surface area (Å²) in [4.78, 5) is 27.5. The Morgan fingerprint density at radius 3 is 2.64 bits per heavy atom. The smallest absolute Gasteiger partial charge is 0.317 e. The van der Waals surface area contributed by atoms with E-state index in [4.69, 9.17) is 0 Å². The van der Waals surface area contributed by atoms with Gasteiger partial charge in [-0.15, -0.1) is 0 Å². The highest BCUT2D eigenvalue weighted by molar-refractivity contribution is 5.95. The minimum atomic E-state index is -0.317. The molecule has 1 saturated heterocycles. The number of aromatic nitrogens is 2. The minimum Gasteiger partial charge on any atom is -0.317 e. The van der Waals surface area contributed by atoms with Crippen LogP contribution in [0.5, 0.6) is 0 Å². The van der Waals surface area contributed by atoms with E-state index in [1.807, 2.05) is 0 Å². The van der Waals surface area contributed by atoms with Gasteiger partial charge in [0.1, 0.15) is 5.69 Å². The number of carbonyl (C=O) groups excluding carboxylic acids is 1. The lowest BCUT2D eigenvalue weighted by Gasteiger charge is -2.20. The number of rotatable bonds is 2. The molecule has 2 heterocycles. The molecule has 0 aromatic carbocycles. The van der Waals surface area contributed by atoms with Crippen LogP contribution < -0.4 is 11.0 Å². The lowest BCUT2D eigenvalue weighted by Crippen LogP contribution is -2.32. The van der Waals surface area contributed by atoms with Crippen LogP contribution in [0.25, 0.3) is 0 Å². The number of Topliss-reactive ketones (excluding diaryl/α,β-unsaturated/α-hetero) is 1. The lowest BCUT2D eigenvalue weighted by molar-refractivity contribution is 0.0890. The highest BCUT2D eigenvalue weighted by Gasteiger charge is 2.22. The second-order valence-corrected chi connectivity index (χ2v) is 3.54. The van der Waals surface area contributed by atoms with E-state index in [1.165, 1.54) is 6.20 Å². The van der Waals surface area contributed by atoms with E-state index in [9.17, 15) is 9.59 Å². The Morgan fingerprint density at radius 1 is 1.36 bits per heavy atom. The van der Waals surface area contributed by atoms with Crippen molar-refractivity contribution in [3.05, 3.63) is 22.4 Å². The molecule has 76 valence electrons. The Hall–Kier alpha value is -1.36. The molecule has 1 aromatic rings. The normalized spacial score (nSPS) is 18.3. The van der Waals surface area contributed by atoms with Crippen molar-refractivity contribution in [2.24, 2.45) is 5.92 Å². The Labute approximate surface area is 80.9 Å². The average molecular weight is 195 g/mol. The van der Waals surface area contributed by atoms with Gasteiger partial charge in [0.15, 0.2) is 5.78 Å².